The molecule has 0 aromatic carbocycles. The molecule has 0 bridgehead atoms. The molecular weight excluding hydrogens is 565 g/mol. The van der Waals surface area contributed by atoms with Gasteiger partial charge in [0, 0.05) is 76.8 Å². The third kappa shape index (κ3) is 10.6. The molecule has 3 aliphatic heterocycles. The molecule has 0 aromatic heterocycles. The van der Waals surface area contributed by atoms with Crippen molar-refractivity contribution < 1.29 is 32.9 Å². The third-order valence-corrected chi connectivity index (χ3v) is 10.6. The Bertz CT molecular complexity index is 946. The molecule has 0 aliphatic carbocycles. The number of morpholine rings is 2. The van der Waals surface area contributed by atoms with Crippen LogP contribution in [-0.4, -0.2) is 153 Å². The van der Waals surface area contributed by atoms with Crippen molar-refractivity contribution in [2.24, 2.45) is 0 Å². The van der Waals surface area contributed by atoms with E-state index >= 15 is 0 Å². The Labute approximate surface area is 253 Å². The molecule has 0 N–H and O–H groups in total. The summed E-state index contributed by atoms with van der Waals surface area (Å²) in [5.41, 5.74) is -0.473. The van der Waals surface area contributed by atoms with Crippen molar-refractivity contribution in [3.05, 3.63) is 0 Å². The lowest BCUT2D eigenvalue weighted by atomic mass is 9.94. The number of carbonyl (C=O) groups excluding carboxylic acids is 2. The summed E-state index contributed by atoms with van der Waals surface area (Å²) in [6.07, 6.45) is -0.760. The predicted octanol–water partition coefficient (Wildman–Crippen LogP) is 1.54. The van der Waals surface area contributed by atoms with Crippen LogP contribution < -0.4 is 0 Å². The molecule has 5 atom stereocenters. The quantitative estimate of drug-likeness (QED) is 0.280. The second-order valence-corrected chi connectivity index (χ2v) is 16.4. The number of hydrogen-bond acceptors (Lipinski definition) is 9. The summed E-state index contributed by atoms with van der Waals surface area (Å²) < 4.78 is 42.8. The summed E-state index contributed by atoms with van der Waals surface area (Å²) >= 11 is 0.995. The second-order valence-electron chi connectivity index (χ2n) is 12.9. The normalized spacial score (nSPS) is 29.3. The Morgan fingerprint density at radius 3 is 2.02 bits per heavy atom. The fraction of sp³-hybridized carbons (Fsp3) is 0.923. The van der Waals surface area contributed by atoms with Crippen LogP contribution >= 0.6 is 19.4 Å². The van der Waals surface area contributed by atoms with Gasteiger partial charge in [0.25, 0.3) is 0 Å². The lowest BCUT2D eigenvalue weighted by Gasteiger charge is -2.47. The average molecular weight is 612 g/mol. The Morgan fingerprint density at radius 1 is 0.878 bits per heavy atom. The van der Waals surface area contributed by atoms with Gasteiger partial charge in [0.1, 0.15) is 15.7 Å². The van der Waals surface area contributed by atoms with Gasteiger partial charge in [-0.2, -0.15) is 0 Å². The largest absolute Gasteiger partial charge is 0.380 e. The maximum Gasteiger partial charge on any atom is 0.346 e. The lowest BCUT2D eigenvalue weighted by Crippen LogP contribution is -2.56. The number of nitrogens with zero attached hydrogens (tertiary/aromatic N) is 4. The van der Waals surface area contributed by atoms with E-state index in [-0.39, 0.29) is 47.2 Å². The van der Waals surface area contributed by atoms with Crippen molar-refractivity contribution in [2.75, 3.05) is 71.3 Å². The van der Waals surface area contributed by atoms with Crippen molar-refractivity contribution in [3.8, 4) is 0 Å². The molecule has 0 spiro atoms. The van der Waals surface area contributed by atoms with Gasteiger partial charge in [0.15, 0.2) is 5.12 Å². The van der Waals surface area contributed by atoms with Crippen LogP contribution in [0.25, 0.3) is 0 Å². The van der Waals surface area contributed by atoms with Crippen LogP contribution in [0.4, 0.5) is 0 Å². The fourth-order valence-corrected chi connectivity index (χ4v) is 7.97. The van der Waals surface area contributed by atoms with Gasteiger partial charge in [-0.05, 0) is 41.5 Å². The van der Waals surface area contributed by atoms with Crippen molar-refractivity contribution >= 4 is 46.1 Å². The topological polar surface area (TPSA) is 101 Å². The smallest absolute Gasteiger partial charge is 0.346 e. The predicted molar refractivity (Wildman–Crippen MR) is 162 cm³/mol. The van der Waals surface area contributed by atoms with E-state index in [2.05, 4.69) is 25.7 Å². The number of amides is 1. The maximum atomic E-state index is 14.9. The standard InChI is InChI=1S/C26H47B2N4O7PS/c1-19(33)41-18-24(34)29-8-10-31(11-9-29)40(35,32-13-21(39-23(28)15-32)16-36-26(5,6)7)37-17-20-12-30(25(2,3)4)14-22(27)38-20/h20-23H,8-18H2,1-7H3. The van der Waals surface area contributed by atoms with Gasteiger partial charge < -0.3 is 23.6 Å². The van der Waals surface area contributed by atoms with Crippen molar-refractivity contribution in [1.29, 1.82) is 0 Å². The van der Waals surface area contributed by atoms with Crippen LogP contribution in [0.3, 0.4) is 0 Å². The Balaban J connectivity index is 1.76. The molecular formula is C26H47B2N4O7PS. The van der Waals surface area contributed by atoms with E-state index in [0.717, 1.165) is 11.8 Å². The molecule has 3 rings (SSSR count). The summed E-state index contributed by atoms with van der Waals surface area (Å²) in [4.78, 5) is 27.9. The number of ether oxygens (including phenoxy) is 3. The molecule has 4 radical (unpaired) electrons. The summed E-state index contributed by atoms with van der Waals surface area (Å²) in [5, 5.41) is -0.0989. The van der Waals surface area contributed by atoms with E-state index < -0.39 is 25.8 Å². The Hall–Kier alpha value is -0.430. The minimum atomic E-state index is -3.63. The second kappa shape index (κ2) is 14.6. The fourth-order valence-electron chi connectivity index (χ4n) is 4.98. The van der Waals surface area contributed by atoms with Crippen molar-refractivity contribution in [3.63, 3.8) is 0 Å². The molecule has 0 aromatic rings. The van der Waals surface area contributed by atoms with Crippen LogP contribution in [0.1, 0.15) is 48.5 Å². The Morgan fingerprint density at radius 2 is 1.46 bits per heavy atom. The van der Waals surface area contributed by atoms with Gasteiger partial charge in [0.2, 0.25) is 5.91 Å². The summed E-state index contributed by atoms with van der Waals surface area (Å²) in [6, 6.07) is -1.15. The molecule has 15 heteroatoms. The van der Waals surface area contributed by atoms with Crippen LogP contribution in [0.2, 0.25) is 0 Å². The van der Waals surface area contributed by atoms with Crippen LogP contribution in [0, 0.1) is 0 Å². The van der Waals surface area contributed by atoms with Gasteiger partial charge in [-0.15, -0.1) is 0 Å². The van der Waals surface area contributed by atoms with Crippen molar-refractivity contribution in [1.82, 2.24) is 19.1 Å². The third-order valence-electron chi connectivity index (χ3n) is 7.17. The highest BCUT2D eigenvalue weighted by Crippen LogP contribution is 2.55. The number of thioether (sulfide) groups is 1. The number of hydrogen-bond donors (Lipinski definition) is 0. The zero-order valence-corrected chi connectivity index (χ0v) is 27.5. The van der Waals surface area contributed by atoms with Gasteiger partial charge in [-0.25, -0.2) is 9.34 Å². The molecule has 5 unspecified atom stereocenters. The monoisotopic (exact) mass is 612 g/mol. The summed E-state index contributed by atoms with van der Waals surface area (Å²) in [5.74, 6) is -0.0128. The van der Waals surface area contributed by atoms with E-state index in [0.29, 0.717) is 52.4 Å². The highest BCUT2D eigenvalue weighted by molar-refractivity contribution is 8.14. The summed E-state index contributed by atoms with van der Waals surface area (Å²) in [7, 11) is 8.86. The zero-order chi connectivity index (χ0) is 30.6. The lowest BCUT2D eigenvalue weighted by molar-refractivity contribution is -0.130. The van der Waals surface area contributed by atoms with E-state index in [4.69, 9.17) is 34.4 Å². The highest BCUT2D eigenvalue weighted by atomic mass is 32.2. The first-order valence-electron chi connectivity index (χ1n) is 14.3. The first kappa shape index (κ1) is 35.1. The maximum absolute atomic E-state index is 14.9. The zero-order valence-electron chi connectivity index (χ0n) is 25.7. The highest BCUT2D eigenvalue weighted by Gasteiger charge is 2.45. The van der Waals surface area contributed by atoms with E-state index in [1.54, 1.807) is 9.57 Å². The number of rotatable bonds is 9. The molecule has 0 saturated carbocycles. The minimum Gasteiger partial charge on any atom is -0.380 e. The Kier molecular flexibility index (Phi) is 12.5. The van der Waals surface area contributed by atoms with Crippen LogP contribution in [0.5, 0.6) is 0 Å². The number of carbonyl (C=O) groups is 2. The SMILES string of the molecule is [B]C1CN(C(C)(C)C)CC(COP(=O)(N2CCN(C(=O)CSC(C)=O)CC2)N2CC([B])OC(COC(C)(C)C)C2)O1. The van der Waals surface area contributed by atoms with Gasteiger partial charge in [-0.1, -0.05) is 11.8 Å². The first-order valence-corrected chi connectivity index (χ1v) is 16.9. The molecule has 41 heavy (non-hydrogen) atoms. The summed E-state index contributed by atoms with van der Waals surface area (Å²) in [6.45, 7) is 17.3. The molecule has 3 fully saturated rings. The average Bonchev–Trinajstić information content (AvgIpc) is 2.87. The molecule has 3 aliphatic rings. The van der Waals surface area contributed by atoms with Crippen molar-refractivity contribution in [2.45, 2.75) is 83.8 Å². The van der Waals surface area contributed by atoms with Crippen LogP contribution in [-0.2, 0) is 32.9 Å². The van der Waals surface area contributed by atoms with E-state index in [9.17, 15) is 14.2 Å². The van der Waals surface area contributed by atoms with Crippen LogP contribution in [0.15, 0.2) is 0 Å². The van der Waals surface area contributed by atoms with Gasteiger partial charge in [-0.3, -0.25) is 19.1 Å². The minimum absolute atomic E-state index is 0.0850. The van der Waals surface area contributed by atoms with Gasteiger partial charge in [0.05, 0.1) is 36.8 Å². The molecule has 1 amide bonds. The van der Waals surface area contributed by atoms with Gasteiger partial charge >= 0.3 is 7.67 Å². The number of piperazine rings is 1. The molecule has 3 saturated heterocycles. The molecule has 3 heterocycles. The van der Waals surface area contributed by atoms with E-state index in [1.165, 1.54) is 6.92 Å². The first-order chi connectivity index (χ1) is 19.0. The molecule has 11 nitrogen and oxygen atoms in total. The van der Waals surface area contributed by atoms with E-state index in [1.807, 2.05) is 25.4 Å². The molecule has 230 valence electrons.